The summed E-state index contributed by atoms with van der Waals surface area (Å²) in [6, 6.07) is 10.6. The Hall–Kier alpha value is -1.35. The van der Waals surface area contributed by atoms with Crippen LogP contribution in [0.1, 0.15) is 45.1 Å². The van der Waals surface area contributed by atoms with Gasteiger partial charge in [-0.05, 0) is 55.7 Å². The van der Waals surface area contributed by atoms with E-state index in [0.717, 1.165) is 37.3 Å². The second kappa shape index (κ2) is 8.12. The Morgan fingerprint density at radius 3 is 2.58 bits per heavy atom. The van der Waals surface area contributed by atoms with E-state index in [1.54, 1.807) is 0 Å². The van der Waals surface area contributed by atoms with Crippen molar-refractivity contribution in [2.75, 3.05) is 26.2 Å². The van der Waals surface area contributed by atoms with Crippen molar-refractivity contribution in [3.05, 3.63) is 35.9 Å². The molecule has 142 valence electrons. The summed E-state index contributed by atoms with van der Waals surface area (Å²) < 4.78 is 0. The van der Waals surface area contributed by atoms with Crippen molar-refractivity contribution in [3.8, 4) is 0 Å². The van der Waals surface area contributed by atoms with Crippen molar-refractivity contribution in [3.63, 3.8) is 0 Å². The van der Waals surface area contributed by atoms with Crippen molar-refractivity contribution in [1.82, 2.24) is 4.90 Å². The van der Waals surface area contributed by atoms with Crippen molar-refractivity contribution >= 4 is 5.71 Å². The van der Waals surface area contributed by atoms with Crippen LogP contribution in [-0.2, 0) is 11.3 Å². The average Bonchev–Trinajstić information content (AvgIpc) is 3.36. The summed E-state index contributed by atoms with van der Waals surface area (Å²) >= 11 is 0. The molecule has 0 radical (unpaired) electrons. The molecule has 3 fully saturated rings. The molecule has 0 spiro atoms. The molecule has 5 atom stereocenters. The number of hydrogen-bond donors (Lipinski definition) is 0. The van der Waals surface area contributed by atoms with E-state index in [9.17, 15) is 0 Å². The van der Waals surface area contributed by atoms with Gasteiger partial charge in [0.1, 0.15) is 6.61 Å². The van der Waals surface area contributed by atoms with E-state index < -0.39 is 0 Å². The summed E-state index contributed by atoms with van der Waals surface area (Å²) in [5.41, 5.74) is 2.74. The molecule has 3 aliphatic rings. The van der Waals surface area contributed by atoms with Crippen molar-refractivity contribution in [2.45, 2.75) is 46.0 Å². The molecular weight excluding hydrogens is 320 g/mol. The molecule has 1 aromatic carbocycles. The van der Waals surface area contributed by atoms with Crippen LogP contribution < -0.4 is 0 Å². The van der Waals surface area contributed by atoms with Crippen molar-refractivity contribution < 1.29 is 4.84 Å². The normalized spacial score (nSPS) is 34.0. The molecule has 3 heteroatoms. The molecule has 0 unspecified atom stereocenters. The van der Waals surface area contributed by atoms with E-state index in [1.807, 2.05) is 0 Å². The largest absolute Gasteiger partial charge is 0.395 e. The molecule has 3 nitrogen and oxygen atoms in total. The summed E-state index contributed by atoms with van der Waals surface area (Å²) in [6.07, 6.45) is 6.64. The minimum Gasteiger partial charge on any atom is -0.395 e. The van der Waals surface area contributed by atoms with Gasteiger partial charge in [-0.1, -0.05) is 55.8 Å². The van der Waals surface area contributed by atoms with Crippen LogP contribution in [0.4, 0.5) is 0 Å². The Kier molecular flexibility index (Phi) is 5.63. The number of benzene rings is 1. The first-order valence-electron chi connectivity index (χ1n) is 10.8. The third-order valence-corrected chi connectivity index (χ3v) is 7.34. The van der Waals surface area contributed by atoms with E-state index in [0.29, 0.717) is 18.4 Å². The SMILES string of the molecule is CCN(CC)C[C@H]1/C(=N\OCCc2ccccc2)[C@H]2C[C@@H]1[C@@H]1CCC[C@@H]12. The predicted molar refractivity (Wildman–Crippen MR) is 107 cm³/mol. The summed E-state index contributed by atoms with van der Waals surface area (Å²) in [5.74, 6) is 4.10. The van der Waals surface area contributed by atoms with Gasteiger partial charge in [0.2, 0.25) is 0 Å². The minimum absolute atomic E-state index is 0.635. The number of hydrogen-bond acceptors (Lipinski definition) is 3. The van der Waals surface area contributed by atoms with Gasteiger partial charge in [0.05, 0.1) is 5.71 Å². The molecule has 1 aromatic rings. The van der Waals surface area contributed by atoms with Gasteiger partial charge in [-0.25, -0.2) is 0 Å². The maximum Gasteiger partial charge on any atom is 0.121 e. The fourth-order valence-corrected chi connectivity index (χ4v) is 6.04. The third kappa shape index (κ3) is 3.43. The summed E-state index contributed by atoms with van der Waals surface area (Å²) in [6.45, 7) is 8.71. The Morgan fingerprint density at radius 1 is 1.04 bits per heavy atom. The molecule has 0 amide bonds. The quantitative estimate of drug-likeness (QED) is 0.502. The Morgan fingerprint density at radius 2 is 1.81 bits per heavy atom. The van der Waals surface area contributed by atoms with Crippen LogP contribution in [0.15, 0.2) is 35.5 Å². The van der Waals surface area contributed by atoms with Gasteiger partial charge >= 0.3 is 0 Å². The van der Waals surface area contributed by atoms with Crippen LogP contribution in [-0.4, -0.2) is 36.9 Å². The van der Waals surface area contributed by atoms with E-state index in [1.165, 1.54) is 43.5 Å². The molecule has 0 saturated heterocycles. The number of rotatable bonds is 8. The fourth-order valence-electron chi connectivity index (χ4n) is 6.04. The molecule has 3 saturated carbocycles. The van der Waals surface area contributed by atoms with Gasteiger partial charge in [-0.15, -0.1) is 0 Å². The topological polar surface area (TPSA) is 24.8 Å². The summed E-state index contributed by atoms with van der Waals surface area (Å²) in [5, 5.41) is 4.77. The average molecular weight is 355 g/mol. The van der Waals surface area contributed by atoms with Gasteiger partial charge in [0.15, 0.2) is 0 Å². The number of nitrogens with zero attached hydrogens (tertiary/aromatic N) is 2. The van der Waals surface area contributed by atoms with Gasteiger partial charge in [0.25, 0.3) is 0 Å². The first-order chi connectivity index (χ1) is 12.8. The maximum atomic E-state index is 5.87. The molecule has 4 rings (SSSR count). The molecule has 0 aliphatic heterocycles. The smallest absolute Gasteiger partial charge is 0.121 e. The first kappa shape index (κ1) is 18.0. The highest BCUT2D eigenvalue weighted by molar-refractivity contribution is 5.92. The highest BCUT2D eigenvalue weighted by atomic mass is 16.6. The van der Waals surface area contributed by atoms with Crippen LogP contribution in [0, 0.1) is 29.6 Å². The second-order valence-electron chi connectivity index (χ2n) is 8.44. The monoisotopic (exact) mass is 354 g/mol. The molecule has 2 bridgehead atoms. The lowest BCUT2D eigenvalue weighted by molar-refractivity contribution is 0.137. The van der Waals surface area contributed by atoms with Gasteiger partial charge in [-0.2, -0.15) is 0 Å². The number of fused-ring (bicyclic) bond motifs is 5. The van der Waals surface area contributed by atoms with E-state index >= 15 is 0 Å². The fraction of sp³-hybridized carbons (Fsp3) is 0.696. The van der Waals surface area contributed by atoms with E-state index in [-0.39, 0.29) is 0 Å². The second-order valence-corrected chi connectivity index (χ2v) is 8.44. The van der Waals surface area contributed by atoms with Crippen LogP contribution in [0.5, 0.6) is 0 Å². The number of oxime groups is 1. The van der Waals surface area contributed by atoms with E-state index in [2.05, 4.69) is 49.1 Å². The highest BCUT2D eigenvalue weighted by Crippen LogP contribution is 2.59. The van der Waals surface area contributed by atoms with Crippen LogP contribution in [0.2, 0.25) is 0 Å². The summed E-state index contributed by atoms with van der Waals surface area (Å²) in [7, 11) is 0. The standard InChI is InChI=1S/C23H34N2O/c1-3-25(4-2)16-22-20-15-21(19-12-8-11-18(19)20)23(22)24-26-14-13-17-9-6-5-7-10-17/h5-7,9-10,18-22H,3-4,8,11-16H2,1-2H3/b24-23-/t18-,19+,20-,21+,22-/m1/s1. The first-order valence-corrected chi connectivity index (χ1v) is 10.8. The Bertz CT molecular complexity index is 610. The van der Waals surface area contributed by atoms with Crippen molar-refractivity contribution in [1.29, 1.82) is 0 Å². The highest BCUT2D eigenvalue weighted by Gasteiger charge is 2.57. The molecule has 26 heavy (non-hydrogen) atoms. The predicted octanol–water partition coefficient (Wildman–Crippen LogP) is 4.63. The Balaban J connectivity index is 1.43. The zero-order valence-electron chi connectivity index (χ0n) is 16.4. The van der Waals surface area contributed by atoms with Crippen LogP contribution in [0.25, 0.3) is 0 Å². The molecule has 3 aliphatic carbocycles. The molecular formula is C23H34N2O. The van der Waals surface area contributed by atoms with Gasteiger partial charge in [-0.3, -0.25) is 0 Å². The molecule has 0 N–H and O–H groups in total. The zero-order chi connectivity index (χ0) is 17.9. The summed E-state index contributed by atoms with van der Waals surface area (Å²) in [4.78, 5) is 8.45. The zero-order valence-corrected chi connectivity index (χ0v) is 16.4. The van der Waals surface area contributed by atoms with Crippen molar-refractivity contribution in [2.24, 2.45) is 34.7 Å². The molecule has 0 aromatic heterocycles. The third-order valence-electron chi connectivity index (χ3n) is 7.34. The van der Waals surface area contributed by atoms with Gasteiger partial charge in [0, 0.05) is 24.8 Å². The lowest BCUT2D eigenvalue weighted by Crippen LogP contribution is -2.40. The van der Waals surface area contributed by atoms with Gasteiger partial charge < -0.3 is 9.74 Å². The molecule has 0 heterocycles. The van der Waals surface area contributed by atoms with E-state index in [4.69, 9.17) is 9.99 Å². The maximum absolute atomic E-state index is 5.87. The van der Waals surface area contributed by atoms with Crippen LogP contribution >= 0.6 is 0 Å². The Labute approximate surface area is 158 Å². The lowest BCUT2D eigenvalue weighted by atomic mass is 9.74. The minimum atomic E-state index is 0.635. The van der Waals surface area contributed by atoms with Crippen LogP contribution in [0.3, 0.4) is 0 Å². The lowest BCUT2D eigenvalue weighted by Gasteiger charge is -2.35.